The number of hydrogen-bond acceptors (Lipinski definition) is 5. The van der Waals surface area contributed by atoms with Gasteiger partial charge in [0.1, 0.15) is 0 Å². The summed E-state index contributed by atoms with van der Waals surface area (Å²) in [7, 11) is 0. The molecule has 0 saturated carbocycles. The van der Waals surface area contributed by atoms with Gasteiger partial charge in [0.05, 0.1) is 17.6 Å². The molecular weight excluding hydrogens is 252 g/mol. The predicted octanol–water partition coefficient (Wildman–Crippen LogP) is 0.756. The topological polar surface area (TPSA) is 93.5 Å². The fraction of sp³-hybridized carbons (Fsp3) is 0.182. The Labute approximate surface area is 107 Å². The highest BCUT2D eigenvalue weighted by Gasteiger charge is 2.10. The summed E-state index contributed by atoms with van der Waals surface area (Å²) < 4.78 is 1.57. The number of thiazole rings is 1. The van der Waals surface area contributed by atoms with Crippen molar-refractivity contribution in [3.63, 3.8) is 0 Å². The maximum atomic E-state index is 12.2. The summed E-state index contributed by atoms with van der Waals surface area (Å²) in [6.45, 7) is 2.26. The molecule has 0 amide bonds. The van der Waals surface area contributed by atoms with Crippen molar-refractivity contribution in [2.24, 2.45) is 10.9 Å². The first kappa shape index (κ1) is 12.3. The lowest BCUT2D eigenvalue weighted by Gasteiger charge is -2.10. The Morgan fingerprint density at radius 1 is 1.61 bits per heavy atom. The number of amidine groups is 1. The van der Waals surface area contributed by atoms with Crippen molar-refractivity contribution in [1.82, 2.24) is 9.55 Å². The minimum Gasteiger partial charge on any atom is -0.409 e. The van der Waals surface area contributed by atoms with Crippen LogP contribution in [0.1, 0.15) is 16.1 Å². The van der Waals surface area contributed by atoms with E-state index in [1.54, 1.807) is 28.4 Å². The lowest BCUT2D eigenvalue weighted by molar-refractivity contribution is 0.318. The Hall–Kier alpha value is -2.15. The first-order valence-electron chi connectivity index (χ1n) is 5.19. The molecule has 0 fully saturated rings. The first-order valence-corrected chi connectivity index (χ1v) is 6.07. The van der Waals surface area contributed by atoms with Gasteiger partial charge in [-0.1, -0.05) is 5.16 Å². The third-order valence-corrected chi connectivity index (χ3v) is 3.34. The van der Waals surface area contributed by atoms with E-state index in [0.29, 0.717) is 6.54 Å². The maximum Gasteiger partial charge on any atom is 0.262 e. The predicted molar refractivity (Wildman–Crippen MR) is 69.2 cm³/mol. The maximum absolute atomic E-state index is 12.2. The van der Waals surface area contributed by atoms with Crippen molar-refractivity contribution in [3.8, 4) is 0 Å². The molecule has 0 saturated heterocycles. The van der Waals surface area contributed by atoms with E-state index in [1.165, 1.54) is 11.3 Å². The van der Waals surface area contributed by atoms with Crippen molar-refractivity contribution in [1.29, 1.82) is 0 Å². The number of aromatic nitrogens is 2. The molecule has 0 aliphatic heterocycles. The average molecular weight is 264 g/mol. The molecule has 2 heterocycles. The highest BCUT2D eigenvalue weighted by molar-refractivity contribution is 7.09. The lowest BCUT2D eigenvalue weighted by atomic mass is 10.2. The Morgan fingerprint density at radius 2 is 2.39 bits per heavy atom. The van der Waals surface area contributed by atoms with Gasteiger partial charge in [0.25, 0.3) is 5.56 Å². The van der Waals surface area contributed by atoms with E-state index in [-0.39, 0.29) is 17.0 Å². The van der Waals surface area contributed by atoms with E-state index in [4.69, 9.17) is 10.9 Å². The number of hydrogen-bond donors (Lipinski definition) is 2. The first-order chi connectivity index (χ1) is 8.63. The second-order valence-corrected chi connectivity index (χ2v) is 4.70. The fourth-order valence-electron chi connectivity index (χ4n) is 1.59. The van der Waals surface area contributed by atoms with Gasteiger partial charge in [-0.05, 0) is 19.1 Å². The molecule has 94 valence electrons. The molecule has 0 unspecified atom stereocenters. The zero-order valence-electron chi connectivity index (χ0n) is 9.70. The van der Waals surface area contributed by atoms with E-state index in [1.807, 2.05) is 6.92 Å². The molecule has 0 bridgehead atoms. The van der Waals surface area contributed by atoms with Gasteiger partial charge in [-0.3, -0.25) is 9.78 Å². The van der Waals surface area contributed by atoms with Crippen LogP contribution in [0.4, 0.5) is 0 Å². The van der Waals surface area contributed by atoms with Crippen LogP contribution >= 0.6 is 11.3 Å². The molecule has 3 N–H and O–H groups in total. The van der Waals surface area contributed by atoms with Crippen LogP contribution in [0, 0.1) is 6.92 Å². The molecule has 6 nitrogen and oxygen atoms in total. The lowest BCUT2D eigenvalue weighted by Crippen LogP contribution is -2.31. The highest BCUT2D eigenvalue weighted by atomic mass is 32.1. The smallest absolute Gasteiger partial charge is 0.262 e. The SMILES string of the molecule is Cc1ccc(/C(N)=N/O)c(=O)n1Cc1cncs1. The van der Waals surface area contributed by atoms with E-state index in [0.717, 1.165) is 10.6 Å². The van der Waals surface area contributed by atoms with Crippen molar-refractivity contribution < 1.29 is 5.21 Å². The molecule has 0 spiro atoms. The molecule has 2 aromatic heterocycles. The Balaban J connectivity index is 2.50. The van der Waals surface area contributed by atoms with Gasteiger partial charge in [-0.25, -0.2) is 0 Å². The number of aryl methyl sites for hydroxylation is 1. The minimum absolute atomic E-state index is 0.182. The molecular formula is C11H12N4O2S. The minimum atomic E-state index is -0.279. The average Bonchev–Trinajstić information content (AvgIpc) is 2.86. The molecule has 0 radical (unpaired) electrons. The van der Waals surface area contributed by atoms with Crippen molar-refractivity contribution in [2.45, 2.75) is 13.5 Å². The van der Waals surface area contributed by atoms with Gasteiger partial charge in [0, 0.05) is 16.8 Å². The normalized spacial score (nSPS) is 11.7. The van der Waals surface area contributed by atoms with Gasteiger partial charge >= 0.3 is 0 Å². The van der Waals surface area contributed by atoms with E-state index in [9.17, 15) is 4.79 Å². The van der Waals surface area contributed by atoms with Gasteiger partial charge in [0.2, 0.25) is 0 Å². The van der Waals surface area contributed by atoms with Crippen LogP contribution in [0.5, 0.6) is 0 Å². The van der Waals surface area contributed by atoms with Crippen LogP contribution < -0.4 is 11.3 Å². The van der Waals surface area contributed by atoms with Gasteiger partial charge in [-0.2, -0.15) is 0 Å². The molecule has 0 aromatic carbocycles. The van der Waals surface area contributed by atoms with Crippen LogP contribution in [0.15, 0.2) is 33.8 Å². The second-order valence-electron chi connectivity index (χ2n) is 3.73. The number of nitrogens with zero attached hydrogens (tertiary/aromatic N) is 3. The molecule has 2 aromatic rings. The summed E-state index contributed by atoms with van der Waals surface area (Å²) in [6.07, 6.45) is 1.71. The Kier molecular flexibility index (Phi) is 3.42. The molecule has 0 aliphatic rings. The summed E-state index contributed by atoms with van der Waals surface area (Å²) in [5.74, 6) is -0.182. The number of rotatable bonds is 3. The Morgan fingerprint density at radius 3 is 3.00 bits per heavy atom. The van der Waals surface area contributed by atoms with Crippen LogP contribution in [-0.4, -0.2) is 20.6 Å². The van der Waals surface area contributed by atoms with E-state index in [2.05, 4.69) is 10.1 Å². The van der Waals surface area contributed by atoms with Crippen LogP contribution in [0.3, 0.4) is 0 Å². The van der Waals surface area contributed by atoms with Crippen LogP contribution in [0.25, 0.3) is 0 Å². The highest BCUT2D eigenvalue weighted by Crippen LogP contribution is 2.09. The molecule has 7 heteroatoms. The second kappa shape index (κ2) is 5.01. The monoisotopic (exact) mass is 264 g/mol. The van der Waals surface area contributed by atoms with Crippen molar-refractivity contribution in [2.75, 3.05) is 0 Å². The number of nitrogens with two attached hydrogens (primary N) is 1. The number of oxime groups is 1. The van der Waals surface area contributed by atoms with E-state index < -0.39 is 0 Å². The largest absolute Gasteiger partial charge is 0.409 e. The third kappa shape index (κ3) is 2.25. The molecule has 0 atom stereocenters. The standard InChI is InChI=1S/C11H12N4O2S/c1-7-2-3-9(10(12)14-17)11(16)15(7)5-8-4-13-6-18-8/h2-4,6,17H,5H2,1H3,(H2,12,14). The van der Waals surface area contributed by atoms with Crippen molar-refractivity contribution in [3.05, 3.63) is 50.3 Å². The Bertz CT molecular complexity index is 631. The summed E-state index contributed by atoms with van der Waals surface area (Å²) in [5, 5.41) is 11.5. The quantitative estimate of drug-likeness (QED) is 0.370. The zero-order chi connectivity index (χ0) is 13.1. The van der Waals surface area contributed by atoms with E-state index >= 15 is 0 Å². The summed E-state index contributed by atoms with van der Waals surface area (Å²) in [4.78, 5) is 17.1. The number of pyridine rings is 1. The molecule has 0 aliphatic carbocycles. The van der Waals surface area contributed by atoms with Crippen LogP contribution in [0.2, 0.25) is 0 Å². The van der Waals surface area contributed by atoms with Crippen LogP contribution in [-0.2, 0) is 6.54 Å². The summed E-state index contributed by atoms with van der Waals surface area (Å²) >= 11 is 1.47. The van der Waals surface area contributed by atoms with Crippen molar-refractivity contribution >= 4 is 17.2 Å². The summed E-state index contributed by atoms with van der Waals surface area (Å²) in [5.41, 5.74) is 7.89. The third-order valence-electron chi connectivity index (χ3n) is 2.57. The molecule has 2 rings (SSSR count). The summed E-state index contributed by atoms with van der Waals surface area (Å²) in [6, 6.07) is 3.31. The van der Waals surface area contributed by atoms with Gasteiger partial charge < -0.3 is 15.5 Å². The fourth-order valence-corrected chi connectivity index (χ4v) is 2.17. The van der Waals surface area contributed by atoms with Gasteiger partial charge in [0.15, 0.2) is 5.84 Å². The zero-order valence-corrected chi connectivity index (χ0v) is 10.5. The molecule has 18 heavy (non-hydrogen) atoms. The van der Waals surface area contributed by atoms with Gasteiger partial charge in [-0.15, -0.1) is 11.3 Å².